The van der Waals surface area contributed by atoms with Crippen molar-refractivity contribution in [3.63, 3.8) is 0 Å². The summed E-state index contributed by atoms with van der Waals surface area (Å²) in [6.07, 6.45) is 0.559. The van der Waals surface area contributed by atoms with Crippen molar-refractivity contribution in [1.29, 1.82) is 0 Å². The van der Waals surface area contributed by atoms with E-state index in [1.54, 1.807) is 0 Å². The minimum absolute atomic E-state index is 0.106. The van der Waals surface area contributed by atoms with Gasteiger partial charge in [-0.1, -0.05) is 28.1 Å². The van der Waals surface area contributed by atoms with E-state index in [0.29, 0.717) is 6.54 Å². The van der Waals surface area contributed by atoms with Gasteiger partial charge in [0.05, 0.1) is 0 Å². The van der Waals surface area contributed by atoms with Crippen LogP contribution >= 0.6 is 15.9 Å². The Morgan fingerprint density at radius 2 is 2.09 bits per heavy atom. The van der Waals surface area contributed by atoms with Crippen molar-refractivity contribution in [2.75, 3.05) is 19.6 Å². The zero-order valence-corrected chi connectivity index (χ0v) is 15.6. The largest absolute Gasteiger partial charge is 0.444 e. The lowest BCUT2D eigenvalue weighted by atomic mass is 10.1. The number of benzene rings is 1. The second-order valence-electron chi connectivity index (χ2n) is 6.93. The molecule has 1 aliphatic heterocycles. The van der Waals surface area contributed by atoms with Crippen LogP contribution in [0.3, 0.4) is 0 Å². The maximum absolute atomic E-state index is 11.9. The average molecular weight is 384 g/mol. The van der Waals surface area contributed by atoms with Crippen LogP contribution in [0.4, 0.5) is 4.79 Å². The SMILES string of the molecule is CC(C)(C)OC(=O)NC1CCN(C(CN)c2ccc(Br)cc2)C1. The first-order chi connectivity index (χ1) is 10.8. The van der Waals surface area contributed by atoms with Gasteiger partial charge in [0.2, 0.25) is 0 Å². The number of rotatable bonds is 4. The summed E-state index contributed by atoms with van der Waals surface area (Å²) in [5, 5.41) is 2.95. The Balaban J connectivity index is 1.93. The van der Waals surface area contributed by atoms with Crippen LogP contribution in [0.1, 0.15) is 38.8 Å². The smallest absolute Gasteiger partial charge is 0.407 e. The van der Waals surface area contributed by atoms with E-state index in [-0.39, 0.29) is 18.2 Å². The number of nitrogens with two attached hydrogens (primary N) is 1. The summed E-state index contributed by atoms with van der Waals surface area (Å²) in [4.78, 5) is 14.2. The number of nitrogens with one attached hydrogen (secondary N) is 1. The zero-order chi connectivity index (χ0) is 17.0. The lowest BCUT2D eigenvalue weighted by molar-refractivity contribution is 0.0504. The molecule has 1 fully saturated rings. The Kier molecular flexibility index (Phi) is 6.06. The highest BCUT2D eigenvalue weighted by molar-refractivity contribution is 9.10. The monoisotopic (exact) mass is 383 g/mol. The summed E-state index contributed by atoms with van der Waals surface area (Å²) in [6.45, 7) is 7.86. The molecular weight excluding hydrogens is 358 g/mol. The van der Waals surface area contributed by atoms with Crippen molar-refractivity contribution >= 4 is 22.0 Å². The molecule has 0 aromatic heterocycles. The Bertz CT molecular complexity index is 528. The van der Waals surface area contributed by atoms with Crippen molar-refractivity contribution < 1.29 is 9.53 Å². The van der Waals surface area contributed by atoms with E-state index in [1.807, 2.05) is 32.9 Å². The molecule has 2 atom stereocenters. The van der Waals surface area contributed by atoms with Crippen LogP contribution in [-0.4, -0.2) is 42.3 Å². The topological polar surface area (TPSA) is 67.6 Å². The highest BCUT2D eigenvalue weighted by Gasteiger charge is 2.30. The minimum Gasteiger partial charge on any atom is -0.444 e. The summed E-state index contributed by atoms with van der Waals surface area (Å²) in [5.41, 5.74) is 6.72. The molecular formula is C17H26BrN3O2. The molecule has 0 radical (unpaired) electrons. The van der Waals surface area contributed by atoms with E-state index in [1.165, 1.54) is 5.56 Å². The molecule has 3 N–H and O–H groups in total. The molecule has 6 heteroatoms. The van der Waals surface area contributed by atoms with Gasteiger partial charge in [-0.25, -0.2) is 4.79 Å². The van der Waals surface area contributed by atoms with E-state index >= 15 is 0 Å². The zero-order valence-electron chi connectivity index (χ0n) is 14.0. The molecule has 0 aliphatic carbocycles. The third kappa shape index (κ3) is 5.48. The minimum atomic E-state index is -0.473. The Morgan fingerprint density at radius 3 is 2.65 bits per heavy atom. The van der Waals surface area contributed by atoms with E-state index < -0.39 is 5.60 Å². The Labute approximate surface area is 146 Å². The van der Waals surface area contributed by atoms with E-state index in [0.717, 1.165) is 24.0 Å². The first-order valence-electron chi connectivity index (χ1n) is 7.97. The molecule has 1 aromatic carbocycles. The first kappa shape index (κ1) is 18.2. The van der Waals surface area contributed by atoms with Gasteiger partial charge in [0.25, 0.3) is 0 Å². The molecule has 1 heterocycles. The first-order valence-corrected chi connectivity index (χ1v) is 8.77. The summed E-state index contributed by atoms with van der Waals surface area (Å²) in [7, 11) is 0. The summed E-state index contributed by atoms with van der Waals surface area (Å²) < 4.78 is 6.38. The summed E-state index contributed by atoms with van der Waals surface area (Å²) >= 11 is 3.45. The molecule has 1 amide bonds. The predicted molar refractivity (Wildman–Crippen MR) is 95.3 cm³/mol. The van der Waals surface area contributed by atoms with Crippen molar-refractivity contribution in [1.82, 2.24) is 10.2 Å². The van der Waals surface area contributed by atoms with Gasteiger partial charge >= 0.3 is 6.09 Å². The van der Waals surface area contributed by atoms with Gasteiger partial charge in [0.1, 0.15) is 5.60 Å². The second-order valence-corrected chi connectivity index (χ2v) is 7.85. The van der Waals surface area contributed by atoms with Gasteiger partial charge in [0.15, 0.2) is 0 Å². The second kappa shape index (κ2) is 7.64. The normalized spacial score (nSPS) is 20.3. The quantitative estimate of drug-likeness (QED) is 0.838. The van der Waals surface area contributed by atoms with Crippen LogP contribution in [-0.2, 0) is 4.74 Å². The van der Waals surface area contributed by atoms with Crippen LogP contribution in [0.15, 0.2) is 28.7 Å². The number of hydrogen-bond acceptors (Lipinski definition) is 4. The van der Waals surface area contributed by atoms with Gasteiger partial charge in [-0.05, 0) is 44.9 Å². The van der Waals surface area contributed by atoms with Crippen LogP contribution in [0, 0.1) is 0 Å². The molecule has 2 rings (SSSR count). The third-order valence-corrected chi connectivity index (χ3v) is 4.39. The molecule has 0 bridgehead atoms. The van der Waals surface area contributed by atoms with Gasteiger partial charge < -0.3 is 15.8 Å². The fraction of sp³-hybridized carbons (Fsp3) is 0.588. The lowest BCUT2D eigenvalue weighted by Gasteiger charge is -2.27. The predicted octanol–water partition coefficient (Wildman–Crippen LogP) is 3.05. The van der Waals surface area contributed by atoms with Crippen molar-refractivity contribution in [2.24, 2.45) is 5.73 Å². The maximum atomic E-state index is 11.9. The number of carbonyl (C=O) groups excluding carboxylic acids is 1. The number of carbonyl (C=O) groups is 1. The van der Waals surface area contributed by atoms with Crippen LogP contribution < -0.4 is 11.1 Å². The summed E-state index contributed by atoms with van der Waals surface area (Å²) in [5.74, 6) is 0. The fourth-order valence-electron chi connectivity index (χ4n) is 2.84. The molecule has 0 saturated carbocycles. The van der Waals surface area contributed by atoms with Crippen LogP contribution in [0.25, 0.3) is 0 Å². The summed E-state index contributed by atoms with van der Waals surface area (Å²) in [6, 6.07) is 8.53. The Morgan fingerprint density at radius 1 is 1.43 bits per heavy atom. The lowest BCUT2D eigenvalue weighted by Crippen LogP contribution is -2.41. The maximum Gasteiger partial charge on any atom is 0.407 e. The number of likely N-dealkylation sites (tertiary alicyclic amines) is 1. The van der Waals surface area contributed by atoms with E-state index in [9.17, 15) is 4.79 Å². The molecule has 1 saturated heterocycles. The van der Waals surface area contributed by atoms with Crippen molar-refractivity contribution in [2.45, 2.75) is 44.9 Å². The van der Waals surface area contributed by atoms with Gasteiger partial charge in [-0.3, -0.25) is 4.90 Å². The number of amides is 1. The highest BCUT2D eigenvalue weighted by Crippen LogP contribution is 2.25. The molecule has 128 valence electrons. The third-order valence-electron chi connectivity index (χ3n) is 3.86. The van der Waals surface area contributed by atoms with Crippen molar-refractivity contribution in [3.8, 4) is 0 Å². The molecule has 23 heavy (non-hydrogen) atoms. The number of hydrogen-bond donors (Lipinski definition) is 2. The van der Waals surface area contributed by atoms with E-state index in [4.69, 9.17) is 10.5 Å². The fourth-order valence-corrected chi connectivity index (χ4v) is 3.11. The van der Waals surface area contributed by atoms with Gasteiger partial charge in [-0.2, -0.15) is 0 Å². The standard InChI is InChI=1S/C17H26BrN3O2/c1-17(2,3)23-16(22)20-14-8-9-21(11-14)15(10-19)12-4-6-13(18)7-5-12/h4-7,14-15H,8-11,19H2,1-3H3,(H,20,22). The average Bonchev–Trinajstić information content (AvgIpc) is 2.87. The van der Waals surface area contributed by atoms with Crippen LogP contribution in [0.2, 0.25) is 0 Å². The van der Waals surface area contributed by atoms with Crippen LogP contribution in [0.5, 0.6) is 0 Å². The van der Waals surface area contributed by atoms with Gasteiger partial charge in [0, 0.05) is 36.2 Å². The molecule has 2 unspecified atom stereocenters. The molecule has 1 aromatic rings. The van der Waals surface area contributed by atoms with Crippen molar-refractivity contribution in [3.05, 3.63) is 34.3 Å². The highest BCUT2D eigenvalue weighted by atomic mass is 79.9. The number of alkyl carbamates (subject to hydrolysis) is 1. The Hall–Kier alpha value is -1.11. The number of nitrogens with zero attached hydrogens (tertiary/aromatic N) is 1. The molecule has 0 spiro atoms. The number of halogens is 1. The molecule has 1 aliphatic rings. The van der Waals surface area contributed by atoms with E-state index in [2.05, 4.69) is 38.3 Å². The molecule has 5 nitrogen and oxygen atoms in total. The van der Waals surface area contributed by atoms with Gasteiger partial charge in [-0.15, -0.1) is 0 Å². The number of ether oxygens (including phenoxy) is 1.